The Bertz CT molecular complexity index is 475. The molecule has 1 aromatic carbocycles. The molecule has 0 aliphatic heterocycles. The van der Waals surface area contributed by atoms with Crippen molar-refractivity contribution in [2.75, 3.05) is 6.61 Å². The van der Waals surface area contributed by atoms with Crippen molar-refractivity contribution in [3.8, 4) is 0 Å². The minimum absolute atomic E-state index is 0.0674. The van der Waals surface area contributed by atoms with Gasteiger partial charge < -0.3 is 5.11 Å². The highest BCUT2D eigenvalue weighted by Gasteiger charge is 2.23. The van der Waals surface area contributed by atoms with E-state index in [2.05, 4.69) is 4.72 Å². The van der Waals surface area contributed by atoms with Gasteiger partial charge in [0.25, 0.3) is 0 Å². The Kier molecular flexibility index (Phi) is 4.30. The summed E-state index contributed by atoms with van der Waals surface area (Å²) in [5, 5.41) is 8.93. The van der Waals surface area contributed by atoms with Crippen molar-refractivity contribution in [3.63, 3.8) is 0 Å². The highest BCUT2D eigenvalue weighted by Crippen LogP contribution is 2.17. The molecule has 96 valence electrons. The molecule has 0 fully saturated rings. The molecule has 0 aliphatic carbocycles. The van der Waals surface area contributed by atoms with Gasteiger partial charge in [0.15, 0.2) is 0 Å². The molecule has 0 spiro atoms. The SMILES string of the molecule is CC(C)(C)NS(=O)(=O)c1ccccc1CCO. The Morgan fingerprint density at radius 3 is 2.35 bits per heavy atom. The fraction of sp³-hybridized carbons (Fsp3) is 0.500. The van der Waals surface area contributed by atoms with Gasteiger partial charge in [0.2, 0.25) is 10.0 Å². The Morgan fingerprint density at radius 2 is 1.82 bits per heavy atom. The van der Waals surface area contributed by atoms with E-state index in [9.17, 15) is 8.42 Å². The average Bonchev–Trinajstić information content (AvgIpc) is 2.15. The average molecular weight is 257 g/mol. The molecule has 0 saturated heterocycles. The van der Waals surface area contributed by atoms with Gasteiger partial charge in [0, 0.05) is 12.1 Å². The number of rotatable bonds is 4. The molecular weight excluding hydrogens is 238 g/mol. The van der Waals surface area contributed by atoms with Gasteiger partial charge >= 0.3 is 0 Å². The first-order valence-corrected chi connectivity index (χ1v) is 6.97. The number of hydrogen-bond acceptors (Lipinski definition) is 3. The minimum Gasteiger partial charge on any atom is -0.396 e. The second-order valence-corrected chi connectivity index (χ2v) is 6.59. The third kappa shape index (κ3) is 4.11. The van der Waals surface area contributed by atoms with E-state index in [-0.39, 0.29) is 11.5 Å². The number of hydrogen-bond donors (Lipinski definition) is 2. The van der Waals surface area contributed by atoms with E-state index >= 15 is 0 Å². The van der Waals surface area contributed by atoms with Crippen LogP contribution in [0.3, 0.4) is 0 Å². The number of aliphatic hydroxyl groups is 1. The molecule has 0 atom stereocenters. The van der Waals surface area contributed by atoms with Gasteiger partial charge in [-0.3, -0.25) is 0 Å². The maximum atomic E-state index is 12.2. The first-order valence-electron chi connectivity index (χ1n) is 5.49. The molecule has 0 heterocycles. The summed E-state index contributed by atoms with van der Waals surface area (Å²) in [6.45, 7) is 5.31. The van der Waals surface area contributed by atoms with Gasteiger partial charge in [-0.05, 0) is 38.8 Å². The zero-order valence-corrected chi connectivity index (χ0v) is 11.2. The number of benzene rings is 1. The van der Waals surface area contributed by atoms with Crippen molar-refractivity contribution < 1.29 is 13.5 Å². The zero-order valence-electron chi connectivity index (χ0n) is 10.4. The van der Waals surface area contributed by atoms with Crippen molar-refractivity contribution in [1.82, 2.24) is 4.72 Å². The molecule has 0 amide bonds. The summed E-state index contributed by atoms with van der Waals surface area (Å²) < 4.78 is 26.9. The van der Waals surface area contributed by atoms with Gasteiger partial charge in [0.05, 0.1) is 4.90 Å². The van der Waals surface area contributed by atoms with Crippen LogP contribution in [0.15, 0.2) is 29.2 Å². The van der Waals surface area contributed by atoms with Crippen LogP contribution in [0.25, 0.3) is 0 Å². The van der Waals surface area contributed by atoms with Crippen LogP contribution in [-0.2, 0) is 16.4 Å². The molecule has 0 radical (unpaired) electrons. The quantitative estimate of drug-likeness (QED) is 0.854. The summed E-state index contributed by atoms with van der Waals surface area (Å²) in [5.74, 6) is 0. The summed E-state index contributed by atoms with van der Waals surface area (Å²) in [6.07, 6.45) is 0.335. The summed E-state index contributed by atoms with van der Waals surface area (Å²) in [6, 6.07) is 6.71. The molecule has 1 aromatic rings. The normalized spacial score (nSPS) is 12.7. The first kappa shape index (κ1) is 14.2. The van der Waals surface area contributed by atoms with Gasteiger partial charge in [-0.1, -0.05) is 18.2 Å². The van der Waals surface area contributed by atoms with Gasteiger partial charge in [0.1, 0.15) is 0 Å². The van der Waals surface area contributed by atoms with E-state index in [0.717, 1.165) is 0 Å². The molecule has 5 heteroatoms. The van der Waals surface area contributed by atoms with Crippen molar-refractivity contribution in [1.29, 1.82) is 0 Å². The third-order valence-electron chi connectivity index (χ3n) is 2.08. The van der Waals surface area contributed by atoms with Crippen molar-refractivity contribution in [2.24, 2.45) is 0 Å². The van der Waals surface area contributed by atoms with E-state index in [0.29, 0.717) is 12.0 Å². The Balaban J connectivity index is 3.15. The largest absolute Gasteiger partial charge is 0.396 e. The second kappa shape index (κ2) is 5.16. The van der Waals surface area contributed by atoms with Crippen LogP contribution >= 0.6 is 0 Å². The predicted octanol–water partition coefficient (Wildman–Crippen LogP) is 1.30. The number of sulfonamides is 1. The summed E-state index contributed by atoms with van der Waals surface area (Å²) in [7, 11) is -3.53. The Morgan fingerprint density at radius 1 is 1.24 bits per heavy atom. The molecule has 0 aliphatic rings. The Hall–Kier alpha value is -0.910. The van der Waals surface area contributed by atoms with E-state index in [1.165, 1.54) is 0 Å². The topological polar surface area (TPSA) is 66.4 Å². The van der Waals surface area contributed by atoms with Crippen LogP contribution in [0.4, 0.5) is 0 Å². The fourth-order valence-corrected chi connectivity index (χ4v) is 3.24. The van der Waals surface area contributed by atoms with E-state index < -0.39 is 15.6 Å². The molecule has 0 aromatic heterocycles. The maximum Gasteiger partial charge on any atom is 0.241 e. The third-order valence-corrected chi connectivity index (χ3v) is 3.94. The Labute approximate surface area is 103 Å². The highest BCUT2D eigenvalue weighted by atomic mass is 32.2. The van der Waals surface area contributed by atoms with E-state index in [1.54, 1.807) is 45.0 Å². The lowest BCUT2D eigenvalue weighted by Gasteiger charge is -2.21. The van der Waals surface area contributed by atoms with Gasteiger partial charge in [-0.15, -0.1) is 0 Å². The predicted molar refractivity (Wildman–Crippen MR) is 67.3 cm³/mol. The number of nitrogens with one attached hydrogen (secondary N) is 1. The molecule has 4 nitrogen and oxygen atoms in total. The lowest BCUT2D eigenvalue weighted by Crippen LogP contribution is -2.40. The van der Waals surface area contributed by atoms with Gasteiger partial charge in [-0.25, -0.2) is 13.1 Å². The maximum absolute atomic E-state index is 12.2. The molecule has 0 saturated carbocycles. The van der Waals surface area contributed by atoms with Crippen LogP contribution in [0.2, 0.25) is 0 Å². The minimum atomic E-state index is -3.53. The molecule has 17 heavy (non-hydrogen) atoms. The second-order valence-electron chi connectivity index (χ2n) is 4.94. The molecule has 0 unspecified atom stereocenters. The molecule has 2 N–H and O–H groups in total. The van der Waals surface area contributed by atoms with E-state index in [4.69, 9.17) is 5.11 Å². The summed E-state index contributed by atoms with van der Waals surface area (Å²) >= 11 is 0. The van der Waals surface area contributed by atoms with Crippen LogP contribution < -0.4 is 4.72 Å². The molecular formula is C12H19NO3S. The van der Waals surface area contributed by atoms with Crippen LogP contribution in [-0.4, -0.2) is 25.7 Å². The van der Waals surface area contributed by atoms with Crippen molar-refractivity contribution in [3.05, 3.63) is 29.8 Å². The smallest absolute Gasteiger partial charge is 0.241 e. The standard InChI is InChI=1S/C12H19NO3S/c1-12(2,3)13-17(15,16)11-7-5-4-6-10(11)8-9-14/h4-7,13-14H,8-9H2,1-3H3. The first-order chi connectivity index (χ1) is 7.76. The lowest BCUT2D eigenvalue weighted by molar-refractivity contribution is 0.298. The van der Waals surface area contributed by atoms with Crippen LogP contribution in [0.1, 0.15) is 26.3 Å². The van der Waals surface area contributed by atoms with Crippen molar-refractivity contribution in [2.45, 2.75) is 37.6 Å². The van der Waals surface area contributed by atoms with Crippen LogP contribution in [0.5, 0.6) is 0 Å². The van der Waals surface area contributed by atoms with E-state index in [1.807, 2.05) is 0 Å². The lowest BCUT2D eigenvalue weighted by atomic mass is 10.1. The number of aliphatic hydroxyl groups excluding tert-OH is 1. The fourth-order valence-electron chi connectivity index (χ4n) is 1.55. The summed E-state index contributed by atoms with van der Waals surface area (Å²) in [4.78, 5) is 0.240. The summed E-state index contributed by atoms with van der Waals surface area (Å²) in [5.41, 5.74) is 0.109. The van der Waals surface area contributed by atoms with Crippen molar-refractivity contribution >= 4 is 10.0 Å². The van der Waals surface area contributed by atoms with Gasteiger partial charge in [-0.2, -0.15) is 0 Å². The molecule has 1 rings (SSSR count). The molecule has 0 bridgehead atoms. The highest BCUT2D eigenvalue weighted by molar-refractivity contribution is 7.89. The zero-order chi connectivity index (χ0) is 13.1. The van der Waals surface area contributed by atoms with Crippen LogP contribution in [0, 0.1) is 0 Å². The monoisotopic (exact) mass is 257 g/mol.